The zero-order chi connectivity index (χ0) is 31.6. The van der Waals surface area contributed by atoms with Crippen LogP contribution in [0.25, 0.3) is 21.5 Å². The van der Waals surface area contributed by atoms with E-state index in [1.54, 1.807) is 24.3 Å². The van der Waals surface area contributed by atoms with E-state index in [-0.39, 0.29) is 5.69 Å². The predicted molar refractivity (Wildman–Crippen MR) is 172 cm³/mol. The van der Waals surface area contributed by atoms with Crippen LogP contribution < -0.4 is 5.32 Å². The first-order valence-electron chi connectivity index (χ1n) is 13.4. The maximum absolute atomic E-state index is 11.9. The van der Waals surface area contributed by atoms with Crippen molar-refractivity contribution in [3.8, 4) is 0 Å². The minimum absolute atomic E-state index is 0.324. The van der Waals surface area contributed by atoms with Gasteiger partial charge < -0.3 is 5.32 Å². The third-order valence-corrected chi connectivity index (χ3v) is 8.60. The monoisotopic (exact) mass is 637 g/mol. The van der Waals surface area contributed by atoms with Crippen molar-refractivity contribution in [3.05, 3.63) is 121 Å². The summed E-state index contributed by atoms with van der Waals surface area (Å²) in [6.07, 6.45) is 0. The summed E-state index contributed by atoms with van der Waals surface area (Å²) in [5, 5.41) is 23.9. The Bertz CT molecular complexity index is 2360. The predicted octanol–water partition coefficient (Wildman–Crippen LogP) is 9.06. The first-order chi connectivity index (χ1) is 21.6. The molecule has 0 aliphatic rings. The van der Waals surface area contributed by atoms with Crippen LogP contribution in [0.5, 0.6) is 0 Å². The van der Waals surface area contributed by atoms with Crippen LogP contribution in [0.1, 0.15) is 0 Å². The van der Waals surface area contributed by atoms with Crippen molar-refractivity contribution in [3.63, 3.8) is 0 Å². The average molecular weight is 638 g/mol. The zero-order valence-corrected chi connectivity index (χ0v) is 24.8. The molecule has 0 saturated heterocycles. The van der Waals surface area contributed by atoms with Crippen LogP contribution in [0.4, 0.5) is 34.1 Å². The van der Waals surface area contributed by atoms with Crippen molar-refractivity contribution in [2.45, 2.75) is 9.79 Å². The molecule has 224 valence electrons. The first-order valence-corrected chi connectivity index (χ1v) is 16.2. The van der Waals surface area contributed by atoms with Crippen molar-refractivity contribution < 1.29 is 25.9 Å². The number of fused-ring (bicyclic) bond motifs is 2. The van der Waals surface area contributed by atoms with Gasteiger partial charge in [-0.05, 0) is 54.6 Å². The van der Waals surface area contributed by atoms with Gasteiger partial charge >= 0.3 is 0 Å². The Kier molecular flexibility index (Phi) is 7.91. The van der Waals surface area contributed by atoms with Crippen LogP contribution in [-0.2, 0) is 20.2 Å². The summed E-state index contributed by atoms with van der Waals surface area (Å²) >= 11 is 0. The lowest BCUT2D eigenvalue weighted by Gasteiger charge is -2.11. The van der Waals surface area contributed by atoms with Gasteiger partial charge in [-0.1, -0.05) is 66.7 Å². The molecule has 11 nitrogen and oxygen atoms in total. The summed E-state index contributed by atoms with van der Waals surface area (Å²) in [6.45, 7) is 0. The Morgan fingerprint density at radius 1 is 0.467 bits per heavy atom. The summed E-state index contributed by atoms with van der Waals surface area (Å²) in [7, 11) is -9.63. The summed E-state index contributed by atoms with van der Waals surface area (Å²) in [5.41, 5.74) is 3.14. The van der Waals surface area contributed by atoms with Crippen LogP contribution in [0.15, 0.2) is 152 Å². The van der Waals surface area contributed by atoms with E-state index in [1.807, 2.05) is 78.9 Å². The molecular weight excluding hydrogens is 615 g/mol. The lowest BCUT2D eigenvalue weighted by molar-refractivity contribution is 0.481. The molecule has 45 heavy (non-hydrogen) atoms. The number of nitrogens with zero attached hydrogens (tertiary/aromatic N) is 4. The standard InChI is InChI=1S/C32H23N5O6S2/c38-44(39,40)22-14-15-31(32(20-22)45(41,42)43)37-36-30-19-18-29(25-12-6-7-13-26(25)30)35-34-28-17-16-27(23-10-4-5-11-24(23)28)33-21-8-2-1-3-9-21/h1-20,33H,(H,38,39,40)(H,41,42,43). The van der Waals surface area contributed by atoms with Gasteiger partial charge in [0.1, 0.15) is 10.6 Å². The number of para-hydroxylation sites is 1. The van der Waals surface area contributed by atoms with E-state index in [9.17, 15) is 25.9 Å². The molecule has 6 aromatic rings. The quantitative estimate of drug-likeness (QED) is 0.110. The number of hydrogen-bond acceptors (Lipinski definition) is 9. The Hall–Kier alpha value is -5.34. The fourth-order valence-corrected chi connectivity index (χ4v) is 5.99. The van der Waals surface area contributed by atoms with E-state index < -0.39 is 30.0 Å². The van der Waals surface area contributed by atoms with E-state index in [1.165, 1.54) is 0 Å². The average Bonchev–Trinajstić information content (AvgIpc) is 3.03. The minimum Gasteiger partial charge on any atom is -0.355 e. The van der Waals surface area contributed by atoms with E-state index in [2.05, 4.69) is 25.8 Å². The van der Waals surface area contributed by atoms with Crippen molar-refractivity contribution in [1.29, 1.82) is 0 Å². The number of azo groups is 2. The molecule has 0 amide bonds. The van der Waals surface area contributed by atoms with Gasteiger partial charge in [0.2, 0.25) is 0 Å². The fraction of sp³-hybridized carbons (Fsp3) is 0. The normalized spacial score (nSPS) is 12.4. The Morgan fingerprint density at radius 2 is 0.911 bits per heavy atom. The molecule has 0 unspecified atom stereocenters. The van der Waals surface area contributed by atoms with Gasteiger partial charge in [0.05, 0.1) is 22.0 Å². The second-order valence-electron chi connectivity index (χ2n) is 9.80. The van der Waals surface area contributed by atoms with Gasteiger partial charge in [-0.15, -0.1) is 20.5 Å². The molecule has 0 aromatic heterocycles. The molecule has 0 saturated carbocycles. The minimum atomic E-state index is -4.90. The van der Waals surface area contributed by atoms with Gasteiger partial charge in [0.25, 0.3) is 20.2 Å². The molecule has 6 rings (SSSR count). The van der Waals surface area contributed by atoms with Gasteiger partial charge in [0.15, 0.2) is 0 Å². The third kappa shape index (κ3) is 6.46. The first kappa shape index (κ1) is 29.7. The second-order valence-corrected chi connectivity index (χ2v) is 12.6. The van der Waals surface area contributed by atoms with E-state index >= 15 is 0 Å². The zero-order valence-electron chi connectivity index (χ0n) is 23.2. The Balaban J connectivity index is 1.35. The maximum atomic E-state index is 11.9. The van der Waals surface area contributed by atoms with Gasteiger partial charge in [-0.25, -0.2) is 0 Å². The molecule has 0 spiro atoms. The van der Waals surface area contributed by atoms with E-state index in [0.717, 1.165) is 34.3 Å². The molecule has 6 aromatic carbocycles. The highest BCUT2D eigenvalue weighted by Gasteiger charge is 2.21. The number of hydrogen-bond donors (Lipinski definition) is 3. The second kappa shape index (κ2) is 12.0. The number of anilines is 2. The summed E-state index contributed by atoms with van der Waals surface area (Å²) in [5.74, 6) is 0. The van der Waals surface area contributed by atoms with Crippen LogP contribution >= 0.6 is 0 Å². The molecule has 0 fully saturated rings. The highest BCUT2D eigenvalue weighted by molar-refractivity contribution is 7.86. The van der Waals surface area contributed by atoms with Crippen molar-refractivity contribution in [2.75, 3.05) is 5.32 Å². The smallest absolute Gasteiger partial charge is 0.296 e. The fourth-order valence-electron chi connectivity index (χ4n) is 4.76. The summed E-state index contributed by atoms with van der Waals surface area (Å²) in [4.78, 5) is -1.54. The summed E-state index contributed by atoms with van der Waals surface area (Å²) in [6, 6.07) is 34.7. The summed E-state index contributed by atoms with van der Waals surface area (Å²) < 4.78 is 65.7. The van der Waals surface area contributed by atoms with Gasteiger partial charge in [0, 0.05) is 32.9 Å². The van der Waals surface area contributed by atoms with Gasteiger partial charge in [-0.3, -0.25) is 9.11 Å². The molecule has 0 bridgehead atoms. The van der Waals surface area contributed by atoms with E-state index in [4.69, 9.17) is 0 Å². The molecule has 0 atom stereocenters. The molecular formula is C32H23N5O6S2. The van der Waals surface area contributed by atoms with Crippen LogP contribution in [0, 0.1) is 0 Å². The highest BCUT2D eigenvalue weighted by Crippen LogP contribution is 2.38. The Morgan fingerprint density at radius 3 is 1.44 bits per heavy atom. The molecule has 0 heterocycles. The molecule has 0 aliphatic carbocycles. The van der Waals surface area contributed by atoms with Crippen LogP contribution in [-0.4, -0.2) is 25.9 Å². The van der Waals surface area contributed by atoms with Gasteiger partial charge in [-0.2, -0.15) is 16.8 Å². The Labute approximate surface area is 258 Å². The van der Waals surface area contributed by atoms with Crippen LogP contribution in [0.3, 0.4) is 0 Å². The highest BCUT2D eigenvalue weighted by atomic mass is 32.2. The number of benzene rings is 6. The van der Waals surface area contributed by atoms with Crippen molar-refractivity contribution in [2.24, 2.45) is 20.5 Å². The molecule has 3 N–H and O–H groups in total. The van der Waals surface area contributed by atoms with Crippen molar-refractivity contribution in [1.82, 2.24) is 0 Å². The molecule has 0 radical (unpaired) electrons. The number of rotatable bonds is 8. The topological polar surface area (TPSA) is 170 Å². The molecule has 13 heteroatoms. The lowest BCUT2D eigenvalue weighted by Crippen LogP contribution is -2.03. The maximum Gasteiger partial charge on any atom is 0.296 e. The van der Waals surface area contributed by atoms with Crippen molar-refractivity contribution >= 4 is 75.9 Å². The van der Waals surface area contributed by atoms with Crippen LogP contribution in [0.2, 0.25) is 0 Å². The lowest BCUT2D eigenvalue weighted by atomic mass is 10.1. The third-order valence-electron chi connectivity index (χ3n) is 6.87. The number of nitrogens with one attached hydrogen (secondary N) is 1. The largest absolute Gasteiger partial charge is 0.355 e. The molecule has 0 aliphatic heterocycles. The van der Waals surface area contributed by atoms with E-state index in [0.29, 0.717) is 33.9 Å². The SMILES string of the molecule is O=S(=O)(O)c1ccc(N=Nc2ccc(N=Nc3ccc(Nc4ccccc4)c4ccccc34)c3ccccc23)c(S(=O)(=O)O)c1.